The molecule has 3 aromatic rings. The van der Waals surface area contributed by atoms with E-state index >= 15 is 0 Å². The normalized spacial score (nSPS) is 15.4. The van der Waals surface area contributed by atoms with Gasteiger partial charge in [-0.25, -0.2) is 0 Å². The Morgan fingerprint density at radius 2 is 1.91 bits per heavy atom. The second-order valence-electron chi connectivity index (χ2n) is 7.43. The summed E-state index contributed by atoms with van der Waals surface area (Å²) < 4.78 is 40.8. The largest absolute Gasteiger partial charge is 0.417 e. The third kappa shape index (κ3) is 3.92. The topological polar surface area (TPSA) is 63.3 Å². The van der Waals surface area contributed by atoms with Crippen molar-refractivity contribution in [1.29, 1.82) is 0 Å². The third-order valence-corrected chi connectivity index (χ3v) is 5.40. The van der Waals surface area contributed by atoms with Crippen molar-refractivity contribution in [3.8, 4) is 11.3 Å². The molecule has 1 aliphatic rings. The summed E-state index contributed by atoms with van der Waals surface area (Å²) in [5.41, 5.74) is 8.80. The fourth-order valence-corrected chi connectivity index (χ4v) is 3.90. The Hall–Kier alpha value is -3.79. The molecule has 7 heteroatoms. The van der Waals surface area contributed by atoms with Crippen LogP contribution in [0.2, 0.25) is 0 Å². The van der Waals surface area contributed by atoms with Gasteiger partial charge in [0.05, 0.1) is 23.0 Å². The van der Waals surface area contributed by atoms with E-state index in [1.165, 1.54) is 12.3 Å². The quantitative estimate of drug-likeness (QED) is 0.535. The monoisotopic (exact) mass is 434 g/mol. The van der Waals surface area contributed by atoms with Crippen LogP contribution in [0.5, 0.6) is 0 Å². The smallest absolute Gasteiger partial charge is 0.405 e. The predicted octanol–water partition coefficient (Wildman–Crippen LogP) is 5.93. The molecule has 0 aliphatic carbocycles. The Morgan fingerprint density at radius 1 is 1.16 bits per heavy atom. The lowest BCUT2D eigenvalue weighted by Gasteiger charge is -2.16. The number of nitrogens with two attached hydrogens (primary N) is 1. The molecule has 0 amide bonds. The first-order chi connectivity index (χ1) is 15.3. The fourth-order valence-electron chi connectivity index (χ4n) is 3.90. The van der Waals surface area contributed by atoms with Crippen LogP contribution in [-0.4, -0.2) is 10.8 Å². The first-order valence-electron chi connectivity index (χ1n) is 10.2. The molecule has 0 saturated heterocycles. The van der Waals surface area contributed by atoms with Crippen LogP contribution in [0.3, 0.4) is 0 Å². The van der Waals surface area contributed by atoms with Crippen molar-refractivity contribution in [3.05, 3.63) is 88.7 Å². The predicted molar refractivity (Wildman–Crippen MR) is 120 cm³/mol. The van der Waals surface area contributed by atoms with Crippen molar-refractivity contribution in [2.45, 2.75) is 32.5 Å². The van der Waals surface area contributed by atoms with Crippen molar-refractivity contribution in [2.24, 2.45) is 10.7 Å². The van der Waals surface area contributed by atoms with Gasteiger partial charge in [0.25, 0.3) is 0 Å². The van der Waals surface area contributed by atoms with Gasteiger partial charge in [-0.2, -0.15) is 13.2 Å². The SMILES string of the molecule is CCC1N=C(Nc2cc(-c3cc#ccc3C(F)(F)F)nc(C)c2/C=C\N)c2ccccc21. The molecule has 162 valence electrons. The number of hydrogen-bond donors (Lipinski definition) is 2. The van der Waals surface area contributed by atoms with Crippen molar-refractivity contribution in [3.63, 3.8) is 0 Å². The summed E-state index contributed by atoms with van der Waals surface area (Å²) in [5, 5.41) is 3.33. The Labute approximate surface area is 184 Å². The first kappa shape index (κ1) is 21.4. The first-order valence-corrected chi connectivity index (χ1v) is 10.2. The molecular formula is C25H21F3N4. The highest BCUT2D eigenvalue weighted by Gasteiger charge is 2.34. The molecule has 1 atom stereocenters. The van der Waals surface area contributed by atoms with Crippen LogP contribution in [0.25, 0.3) is 17.3 Å². The van der Waals surface area contributed by atoms with Crippen molar-refractivity contribution < 1.29 is 13.2 Å². The maximum Gasteiger partial charge on any atom is 0.417 e. The van der Waals surface area contributed by atoms with Crippen LogP contribution in [0.1, 0.15) is 47.3 Å². The average Bonchev–Trinajstić information content (AvgIpc) is 3.13. The number of fused-ring (bicyclic) bond motifs is 1. The molecule has 1 aliphatic heterocycles. The second-order valence-corrected chi connectivity index (χ2v) is 7.43. The van der Waals surface area contributed by atoms with Crippen LogP contribution >= 0.6 is 0 Å². The molecule has 0 bridgehead atoms. The number of aliphatic imine (C=N–C) groups is 1. The number of anilines is 1. The molecule has 0 saturated carbocycles. The molecule has 3 N–H and O–H groups in total. The van der Waals surface area contributed by atoms with Crippen LogP contribution in [-0.2, 0) is 6.18 Å². The van der Waals surface area contributed by atoms with E-state index in [0.29, 0.717) is 22.8 Å². The average molecular weight is 434 g/mol. The molecule has 4 rings (SSSR count). The molecule has 0 radical (unpaired) electrons. The molecule has 32 heavy (non-hydrogen) atoms. The minimum atomic E-state index is -4.54. The van der Waals surface area contributed by atoms with Gasteiger partial charge in [-0.15, -0.1) is 0 Å². The lowest BCUT2D eigenvalue weighted by molar-refractivity contribution is -0.137. The molecule has 4 nitrogen and oxygen atoms in total. The summed E-state index contributed by atoms with van der Waals surface area (Å²) in [5.74, 6) is 0.666. The number of halogens is 3. The lowest BCUT2D eigenvalue weighted by Crippen LogP contribution is -2.14. The number of alkyl halides is 3. The number of nitrogens with one attached hydrogen (secondary N) is 1. The van der Waals surface area contributed by atoms with Crippen molar-refractivity contribution in [1.82, 2.24) is 4.98 Å². The van der Waals surface area contributed by atoms with Crippen molar-refractivity contribution >= 4 is 17.6 Å². The van der Waals surface area contributed by atoms with E-state index in [0.717, 1.165) is 23.6 Å². The van der Waals surface area contributed by atoms with E-state index in [2.05, 4.69) is 29.4 Å². The Kier molecular flexibility index (Phi) is 5.62. The van der Waals surface area contributed by atoms with Gasteiger partial charge < -0.3 is 11.1 Å². The van der Waals surface area contributed by atoms with E-state index in [1.54, 1.807) is 19.1 Å². The van der Waals surface area contributed by atoms with Crippen LogP contribution in [0.4, 0.5) is 18.9 Å². The molecule has 0 fully saturated rings. The van der Waals surface area contributed by atoms with E-state index in [4.69, 9.17) is 10.7 Å². The molecule has 2 heterocycles. The Morgan fingerprint density at radius 3 is 2.62 bits per heavy atom. The summed E-state index contributed by atoms with van der Waals surface area (Å²) in [6.45, 7) is 3.79. The number of hydrogen-bond acceptors (Lipinski definition) is 4. The van der Waals surface area contributed by atoms with Gasteiger partial charge in [0, 0.05) is 28.5 Å². The molecule has 0 spiro atoms. The van der Waals surface area contributed by atoms with Gasteiger partial charge in [0.2, 0.25) is 0 Å². The number of aromatic nitrogens is 1. The maximum absolute atomic E-state index is 13.6. The Bertz CT molecular complexity index is 1210. The number of amidine groups is 1. The van der Waals surface area contributed by atoms with Gasteiger partial charge in [-0.3, -0.25) is 9.98 Å². The highest BCUT2D eigenvalue weighted by molar-refractivity contribution is 6.12. The second kappa shape index (κ2) is 8.39. The number of aryl methyl sites for hydroxylation is 1. The standard InChI is InChI=1S/C25H21F3N4/c1-3-21-17-8-4-5-9-18(17)24(31-21)32-22-14-23(30-15(2)16(22)12-13-29)19-10-6-7-11-20(19)25(26,27)28/h4-5,8-14,21H,3,29H2,1-2H3,(H,30,31,32)/b13-12-. The number of pyridine rings is 1. The van der Waals surface area contributed by atoms with E-state index in [-0.39, 0.29) is 17.3 Å². The molecule has 2 aromatic carbocycles. The maximum atomic E-state index is 13.6. The summed E-state index contributed by atoms with van der Waals surface area (Å²) in [6.07, 6.45) is -0.657. The highest BCUT2D eigenvalue weighted by atomic mass is 19.4. The van der Waals surface area contributed by atoms with Crippen molar-refractivity contribution in [2.75, 3.05) is 5.32 Å². The van der Waals surface area contributed by atoms with Crippen LogP contribution in [0, 0.1) is 19.1 Å². The van der Waals surface area contributed by atoms with Gasteiger partial charge in [0.1, 0.15) is 5.84 Å². The number of benzene rings is 1. The summed E-state index contributed by atoms with van der Waals surface area (Å²) in [6, 6.07) is 16.7. The zero-order chi connectivity index (χ0) is 22.9. The lowest BCUT2D eigenvalue weighted by atomic mass is 10.0. The highest BCUT2D eigenvalue weighted by Crippen LogP contribution is 2.38. The van der Waals surface area contributed by atoms with Gasteiger partial charge in [-0.1, -0.05) is 43.3 Å². The molecule has 1 unspecified atom stereocenters. The van der Waals surface area contributed by atoms with E-state index in [1.807, 2.05) is 24.3 Å². The molecular weight excluding hydrogens is 413 g/mol. The summed E-state index contributed by atoms with van der Waals surface area (Å²) >= 11 is 0. The summed E-state index contributed by atoms with van der Waals surface area (Å²) in [7, 11) is 0. The zero-order valence-corrected chi connectivity index (χ0v) is 17.6. The van der Waals surface area contributed by atoms with E-state index < -0.39 is 11.7 Å². The number of nitrogens with zero attached hydrogens (tertiary/aromatic N) is 2. The number of rotatable bonds is 4. The fraction of sp³-hybridized carbons (Fsp3) is 0.200. The molecule has 1 aromatic heterocycles. The summed E-state index contributed by atoms with van der Waals surface area (Å²) in [4.78, 5) is 9.22. The van der Waals surface area contributed by atoms with Crippen LogP contribution < -0.4 is 11.1 Å². The Balaban J connectivity index is 1.84. The minimum absolute atomic E-state index is 0.0284. The van der Waals surface area contributed by atoms with E-state index in [9.17, 15) is 13.2 Å². The third-order valence-electron chi connectivity index (χ3n) is 5.40. The van der Waals surface area contributed by atoms with Crippen LogP contribution in [0.15, 0.2) is 53.7 Å². The van der Waals surface area contributed by atoms with Gasteiger partial charge in [-0.05, 0) is 43.3 Å². The zero-order valence-electron chi connectivity index (χ0n) is 17.6. The van der Waals surface area contributed by atoms with Gasteiger partial charge >= 0.3 is 6.18 Å². The van der Waals surface area contributed by atoms with Gasteiger partial charge in [0.15, 0.2) is 0 Å². The minimum Gasteiger partial charge on any atom is -0.405 e.